The van der Waals surface area contributed by atoms with Crippen LogP contribution in [0.5, 0.6) is 5.75 Å². The first-order valence-electron chi connectivity index (χ1n) is 11.0. The van der Waals surface area contributed by atoms with Gasteiger partial charge >= 0.3 is 0 Å². The van der Waals surface area contributed by atoms with E-state index < -0.39 is 17.7 Å². The Kier molecular flexibility index (Phi) is 6.88. The van der Waals surface area contributed by atoms with Crippen LogP contribution >= 0.6 is 0 Å². The molecule has 1 atom stereocenters. The highest BCUT2D eigenvalue weighted by atomic mass is 16.5. The van der Waals surface area contributed by atoms with E-state index in [2.05, 4.69) is 11.9 Å². The average Bonchev–Trinajstić information content (AvgIpc) is 3.45. The van der Waals surface area contributed by atoms with Crippen molar-refractivity contribution in [2.75, 3.05) is 6.61 Å². The molecular formula is C26H26N2O5. The van der Waals surface area contributed by atoms with Crippen molar-refractivity contribution in [1.82, 2.24) is 9.88 Å². The summed E-state index contributed by atoms with van der Waals surface area (Å²) in [7, 11) is 0. The number of rotatable bonds is 9. The fourth-order valence-electron chi connectivity index (χ4n) is 3.90. The molecular weight excluding hydrogens is 420 g/mol. The highest BCUT2D eigenvalue weighted by Gasteiger charge is 2.46. The van der Waals surface area contributed by atoms with Gasteiger partial charge in [0.1, 0.15) is 17.3 Å². The quantitative estimate of drug-likeness (QED) is 0.218. The maximum Gasteiger partial charge on any atom is 0.296 e. The van der Waals surface area contributed by atoms with E-state index in [0.717, 1.165) is 19.3 Å². The molecule has 3 aromatic rings. The van der Waals surface area contributed by atoms with Gasteiger partial charge in [-0.2, -0.15) is 0 Å². The van der Waals surface area contributed by atoms with Crippen LogP contribution in [0.3, 0.4) is 0 Å². The molecule has 1 saturated heterocycles. The van der Waals surface area contributed by atoms with Crippen LogP contribution in [0.2, 0.25) is 0 Å². The van der Waals surface area contributed by atoms with Crippen LogP contribution < -0.4 is 4.74 Å². The molecule has 7 nitrogen and oxygen atoms in total. The molecule has 1 aromatic carbocycles. The van der Waals surface area contributed by atoms with Gasteiger partial charge in [-0.3, -0.25) is 14.6 Å². The molecule has 7 heteroatoms. The van der Waals surface area contributed by atoms with Crippen molar-refractivity contribution < 1.29 is 23.8 Å². The monoisotopic (exact) mass is 446 g/mol. The number of Topliss-reactive ketones (excluding diaryl/α,β-unsaturated/α-hetero) is 1. The largest absolute Gasteiger partial charge is 0.507 e. The molecule has 1 N–H and O–H groups in total. The van der Waals surface area contributed by atoms with Crippen molar-refractivity contribution >= 4 is 17.4 Å². The summed E-state index contributed by atoms with van der Waals surface area (Å²) < 4.78 is 11.1. The van der Waals surface area contributed by atoms with E-state index in [1.54, 1.807) is 60.9 Å². The summed E-state index contributed by atoms with van der Waals surface area (Å²) in [6.45, 7) is 2.85. The number of ether oxygens (including phenoxy) is 1. The van der Waals surface area contributed by atoms with E-state index in [1.165, 1.54) is 11.2 Å². The van der Waals surface area contributed by atoms with Crippen LogP contribution in [0.4, 0.5) is 0 Å². The number of aliphatic hydroxyl groups is 1. The molecule has 4 rings (SSSR count). The zero-order valence-corrected chi connectivity index (χ0v) is 18.4. The van der Waals surface area contributed by atoms with Gasteiger partial charge in [-0.25, -0.2) is 0 Å². The first-order chi connectivity index (χ1) is 16.1. The first kappa shape index (κ1) is 22.3. The number of carbonyl (C=O) groups excluding carboxylic acids is 2. The summed E-state index contributed by atoms with van der Waals surface area (Å²) >= 11 is 0. The molecule has 0 radical (unpaired) electrons. The molecule has 1 unspecified atom stereocenters. The number of benzene rings is 1. The predicted octanol–water partition coefficient (Wildman–Crippen LogP) is 4.87. The van der Waals surface area contributed by atoms with Crippen molar-refractivity contribution in [3.05, 3.63) is 89.6 Å². The van der Waals surface area contributed by atoms with Crippen LogP contribution in [0.15, 0.2) is 77.2 Å². The molecule has 0 saturated carbocycles. The first-order valence-corrected chi connectivity index (χ1v) is 11.0. The van der Waals surface area contributed by atoms with E-state index in [9.17, 15) is 14.7 Å². The number of furan rings is 1. The Morgan fingerprint density at radius 1 is 1.12 bits per heavy atom. The number of amides is 1. The molecule has 33 heavy (non-hydrogen) atoms. The lowest BCUT2D eigenvalue weighted by Crippen LogP contribution is -2.29. The third-order valence-corrected chi connectivity index (χ3v) is 5.59. The van der Waals surface area contributed by atoms with Gasteiger partial charge < -0.3 is 19.2 Å². The highest BCUT2D eigenvalue weighted by Crippen LogP contribution is 2.40. The van der Waals surface area contributed by atoms with Crippen LogP contribution in [0.1, 0.15) is 49.1 Å². The van der Waals surface area contributed by atoms with Crippen molar-refractivity contribution in [1.29, 1.82) is 0 Å². The molecule has 0 spiro atoms. The minimum Gasteiger partial charge on any atom is -0.507 e. The van der Waals surface area contributed by atoms with Gasteiger partial charge in [0.2, 0.25) is 0 Å². The van der Waals surface area contributed by atoms with Crippen LogP contribution in [0, 0.1) is 0 Å². The van der Waals surface area contributed by atoms with Crippen molar-refractivity contribution in [2.24, 2.45) is 0 Å². The molecule has 2 aromatic heterocycles. The Bertz CT molecular complexity index is 1120. The number of hydrogen-bond donors (Lipinski definition) is 1. The number of hydrogen-bond acceptors (Lipinski definition) is 6. The third kappa shape index (κ3) is 4.82. The molecule has 0 aliphatic carbocycles. The van der Waals surface area contributed by atoms with Gasteiger partial charge in [0, 0.05) is 18.0 Å². The number of ketones is 1. The summed E-state index contributed by atoms with van der Waals surface area (Å²) in [4.78, 5) is 31.5. The maximum atomic E-state index is 13.0. The normalized spacial score (nSPS) is 17.5. The van der Waals surface area contributed by atoms with E-state index in [0.29, 0.717) is 29.2 Å². The fourth-order valence-corrected chi connectivity index (χ4v) is 3.90. The molecule has 1 aliphatic rings. The minimum absolute atomic E-state index is 0.0242. The molecule has 1 fully saturated rings. The van der Waals surface area contributed by atoms with Gasteiger partial charge in [-0.05, 0) is 54.4 Å². The third-order valence-electron chi connectivity index (χ3n) is 5.59. The number of aliphatic hydroxyl groups excluding tert-OH is 1. The summed E-state index contributed by atoms with van der Waals surface area (Å²) in [6, 6.07) is 13.0. The molecule has 170 valence electrons. The summed E-state index contributed by atoms with van der Waals surface area (Å²) in [6.07, 6.45) is 7.91. The second kappa shape index (κ2) is 10.2. The molecule has 1 amide bonds. The van der Waals surface area contributed by atoms with Gasteiger partial charge in [0.05, 0.1) is 31.0 Å². The lowest BCUT2D eigenvalue weighted by Gasteiger charge is -2.24. The lowest BCUT2D eigenvalue weighted by atomic mass is 9.96. The Morgan fingerprint density at radius 3 is 2.61 bits per heavy atom. The molecule has 3 heterocycles. The Labute approximate surface area is 192 Å². The van der Waals surface area contributed by atoms with Crippen molar-refractivity contribution in [2.45, 2.75) is 38.8 Å². The second-order valence-corrected chi connectivity index (χ2v) is 7.87. The van der Waals surface area contributed by atoms with E-state index >= 15 is 0 Å². The number of pyridine rings is 1. The van der Waals surface area contributed by atoms with Crippen molar-refractivity contribution in [3.63, 3.8) is 0 Å². The van der Waals surface area contributed by atoms with E-state index in [-0.39, 0.29) is 17.9 Å². The SMILES string of the molecule is CCCCCOc1ccc(/C(O)=C2/C(=O)C(=O)N(Cc3ccco3)C2c2cccnc2)cc1. The fraction of sp³-hybridized carbons (Fsp3) is 0.269. The van der Waals surface area contributed by atoms with Gasteiger partial charge in [0.15, 0.2) is 0 Å². The topological polar surface area (TPSA) is 92.9 Å². The number of likely N-dealkylation sites (tertiary alicyclic amines) is 1. The van der Waals surface area contributed by atoms with Crippen LogP contribution in [-0.4, -0.2) is 33.3 Å². The second-order valence-electron chi connectivity index (χ2n) is 7.87. The Balaban J connectivity index is 1.67. The standard InChI is InChI=1S/C26H26N2O5/c1-2-3-4-14-32-20-11-9-18(10-12-20)24(29)22-23(19-7-5-13-27-16-19)28(26(31)25(22)30)17-21-8-6-15-33-21/h5-13,15-16,23,29H,2-4,14,17H2,1H3/b24-22-. The van der Waals surface area contributed by atoms with Crippen molar-refractivity contribution in [3.8, 4) is 5.75 Å². The number of unbranched alkanes of at least 4 members (excludes halogenated alkanes) is 2. The number of carbonyl (C=O) groups is 2. The lowest BCUT2D eigenvalue weighted by molar-refractivity contribution is -0.140. The maximum absolute atomic E-state index is 13.0. The zero-order valence-electron chi connectivity index (χ0n) is 18.4. The number of aromatic nitrogens is 1. The minimum atomic E-state index is -0.784. The summed E-state index contributed by atoms with van der Waals surface area (Å²) in [5.41, 5.74) is 1.08. The van der Waals surface area contributed by atoms with E-state index in [4.69, 9.17) is 9.15 Å². The zero-order chi connectivity index (χ0) is 23.2. The molecule has 0 bridgehead atoms. The predicted molar refractivity (Wildman–Crippen MR) is 122 cm³/mol. The van der Waals surface area contributed by atoms with Crippen LogP contribution in [0.25, 0.3) is 5.76 Å². The Morgan fingerprint density at radius 2 is 1.94 bits per heavy atom. The van der Waals surface area contributed by atoms with Gasteiger partial charge in [-0.15, -0.1) is 0 Å². The van der Waals surface area contributed by atoms with E-state index in [1.807, 2.05) is 0 Å². The van der Waals surface area contributed by atoms with Crippen LogP contribution in [-0.2, 0) is 16.1 Å². The van der Waals surface area contributed by atoms with Gasteiger partial charge in [-0.1, -0.05) is 25.8 Å². The smallest absolute Gasteiger partial charge is 0.296 e. The summed E-state index contributed by atoms with van der Waals surface area (Å²) in [5, 5.41) is 11.1. The Hall–Kier alpha value is -3.87. The molecule has 1 aliphatic heterocycles. The summed E-state index contributed by atoms with van der Waals surface area (Å²) in [5.74, 6) is -0.452. The number of nitrogens with zero attached hydrogens (tertiary/aromatic N) is 2. The average molecular weight is 447 g/mol. The van der Waals surface area contributed by atoms with Gasteiger partial charge in [0.25, 0.3) is 11.7 Å². The highest BCUT2D eigenvalue weighted by molar-refractivity contribution is 6.46.